The maximum absolute atomic E-state index is 5.06. The van der Waals surface area contributed by atoms with Crippen LogP contribution in [-0.4, -0.2) is 32.0 Å². The monoisotopic (exact) mass is 192 g/mol. The second-order valence-electron chi connectivity index (χ2n) is 3.16. The van der Waals surface area contributed by atoms with Crippen molar-refractivity contribution in [3.8, 4) is 0 Å². The van der Waals surface area contributed by atoms with Crippen LogP contribution in [0.5, 0.6) is 0 Å². The van der Waals surface area contributed by atoms with Crippen molar-refractivity contribution in [2.24, 2.45) is 5.92 Å². The average Bonchev–Trinajstić information content (AvgIpc) is 2.04. The van der Waals surface area contributed by atoms with E-state index in [1.807, 2.05) is 11.8 Å². The highest BCUT2D eigenvalue weighted by atomic mass is 32.2. The van der Waals surface area contributed by atoms with E-state index in [-0.39, 0.29) is 6.29 Å². The van der Waals surface area contributed by atoms with E-state index in [9.17, 15) is 0 Å². The molecule has 0 spiro atoms. The van der Waals surface area contributed by atoms with Crippen molar-refractivity contribution < 1.29 is 9.47 Å². The molecule has 3 heteroatoms. The smallest absolute Gasteiger partial charge is 0.165 e. The summed E-state index contributed by atoms with van der Waals surface area (Å²) in [5.41, 5.74) is 0. The molecule has 0 radical (unpaired) electrons. The predicted octanol–water partition coefficient (Wildman–Crippen LogP) is 2.38. The third-order valence-corrected chi connectivity index (χ3v) is 2.65. The first-order chi connectivity index (χ1) is 5.70. The summed E-state index contributed by atoms with van der Waals surface area (Å²) in [5.74, 6) is 2.92. The molecule has 0 aliphatic rings. The Kier molecular flexibility index (Phi) is 8.07. The fourth-order valence-corrected chi connectivity index (χ4v) is 2.00. The molecule has 0 bridgehead atoms. The summed E-state index contributed by atoms with van der Waals surface area (Å²) >= 11 is 1.89. The summed E-state index contributed by atoms with van der Waals surface area (Å²) in [7, 11) is 3.36. The van der Waals surface area contributed by atoms with Gasteiger partial charge in [0.15, 0.2) is 6.29 Å². The van der Waals surface area contributed by atoms with Crippen LogP contribution in [0, 0.1) is 5.92 Å². The van der Waals surface area contributed by atoms with E-state index in [0.29, 0.717) is 0 Å². The summed E-state index contributed by atoms with van der Waals surface area (Å²) in [4.78, 5) is 0. The van der Waals surface area contributed by atoms with Gasteiger partial charge < -0.3 is 9.47 Å². The van der Waals surface area contributed by atoms with E-state index in [1.165, 1.54) is 12.2 Å². The van der Waals surface area contributed by atoms with E-state index < -0.39 is 0 Å². The second-order valence-corrected chi connectivity index (χ2v) is 4.31. The average molecular weight is 192 g/mol. The van der Waals surface area contributed by atoms with Gasteiger partial charge in [0, 0.05) is 20.0 Å². The van der Waals surface area contributed by atoms with Crippen LogP contribution in [0.4, 0.5) is 0 Å². The molecule has 0 aromatic heterocycles. The Labute approximate surface area is 80.0 Å². The molecule has 0 N–H and O–H groups in total. The van der Waals surface area contributed by atoms with Gasteiger partial charge >= 0.3 is 0 Å². The van der Waals surface area contributed by atoms with Crippen LogP contribution in [0.2, 0.25) is 0 Å². The minimum atomic E-state index is -0.0397. The van der Waals surface area contributed by atoms with Crippen molar-refractivity contribution in [2.75, 3.05) is 25.7 Å². The van der Waals surface area contributed by atoms with Gasteiger partial charge in [0.05, 0.1) is 0 Å². The molecule has 0 heterocycles. The van der Waals surface area contributed by atoms with Crippen LogP contribution in [0.25, 0.3) is 0 Å². The first-order valence-corrected chi connectivity index (χ1v) is 5.49. The fourth-order valence-electron chi connectivity index (χ4n) is 0.731. The van der Waals surface area contributed by atoms with Gasteiger partial charge in [-0.05, 0) is 18.1 Å². The molecule has 0 rings (SSSR count). The molecule has 0 aromatic carbocycles. The highest BCUT2D eigenvalue weighted by molar-refractivity contribution is 7.99. The van der Waals surface area contributed by atoms with Gasteiger partial charge in [0.2, 0.25) is 0 Å². The summed E-state index contributed by atoms with van der Waals surface area (Å²) in [6.45, 7) is 4.48. The van der Waals surface area contributed by atoms with Crippen molar-refractivity contribution in [1.29, 1.82) is 0 Å². The molecule has 0 amide bonds. The number of methoxy groups -OCH3 is 2. The molecule has 74 valence electrons. The molecule has 0 atom stereocenters. The van der Waals surface area contributed by atoms with E-state index >= 15 is 0 Å². The standard InChI is InChI=1S/C9H20O2S/c1-8(2)5-6-12-7-9(10-3)11-4/h8-9H,5-7H2,1-4H3. The van der Waals surface area contributed by atoms with Gasteiger partial charge in [-0.15, -0.1) is 0 Å². The van der Waals surface area contributed by atoms with Gasteiger partial charge in [0.25, 0.3) is 0 Å². The molecule has 12 heavy (non-hydrogen) atoms. The molecule has 0 fully saturated rings. The summed E-state index contributed by atoms with van der Waals surface area (Å²) < 4.78 is 10.1. The lowest BCUT2D eigenvalue weighted by molar-refractivity contribution is -0.0842. The zero-order chi connectivity index (χ0) is 9.40. The van der Waals surface area contributed by atoms with Gasteiger partial charge in [-0.1, -0.05) is 13.8 Å². The summed E-state index contributed by atoms with van der Waals surface area (Å²) in [5, 5.41) is 0. The Morgan fingerprint density at radius 3 is 2.17 bits per heavy atom. The normalized spacial score (nSPS) is 11.5. The van der Waals surface area contributed by atoms with Crippen molar-refractivity contribution >= 4 is 11.8 Å². The Hall–Kier alpha value is 0.270. The van der Waals surface area contributed by atoms with Crippen molar-refractivity contribution in [3.63, 3.8) is 0 Å². The Morgan fingerprint density at radius 2 is 1.75 bits per heavy atom. The fraction of sp³-hybridized carbons (Fsp3) is 1.00. The molecule has 0 aliphatic heterocycles. The van der Waals surface area contributed by atoms with E-state index in [4.69, 9.17) is 9.47 Å². The molecule has 0 aliphatic carbocycles. The van der Waals surface area contributed by atoms with Crippen LogP contribution >= 0.6 is 11.8 Å². The molecule has 0 aromatic rings. The lowest BCUT2D eigenvalue weighted by Crippen LogP contribution is -2.16. The Balaban J connectivity index is 3.17. The highest BCUT2D eigenvalue weighted by Crippen LogP contribution is 2.11. The number of ether oxygens (including phenoxy) is 2. The summed E-state index contributed by atoms with van der Waals surface area (Å²) in [6.07, 6.45) is 1.23. The van der Waals surface area contributed by atoms with E-state index in [0.717, 1.165) is 11.7 Å². The third-order valence-electron chi connectivity index (χ3n) is 1.62. The molecule has 0 unspecified atom stereocenters. The zero-order valence-corrected chi connectivity index (χ0v) is 9.32. The van der Waals surface area contributed by atoms with Crippen LogP contribution in [0.15, 0.2) is 0 Å². The zero-order valence-electron chi connectivity index (χ0n) is 8.50. The first kappa shape index (κ1) is 12.3. The van der Waals surface area contributed by atoms with E-state index in [2.05, 4.69) is 13.8 Å². The van der Waals surface area contributed by atoms with Gasteiger partial charge in [-0.3, -0.25) is 0 Å². The largest absolute Gasteiger partial charge is 0.355 e. The van der Waals surface area contributed by atoms with Crippen LogP contribution in [0.3, 0.4) is 0 Å². The molecular weight excluding hydrogens is 172 g/mol. The Bertz CT molecular complexity index is 92.5. The number of rotatable bonds is 7. The maximum atomic E-state index is 5.06. The number of hydrogen-bond donors (Lipinski definition) is 0. The Morgan fingerprint density at radius 1 is 1.17 bits per heavy atom. The molecule has 0 saturated heterocycles. The first-order valence-electron chi connectivity index (χ1n) is 4.34. The van der Waals surface area contributed by atoms with Crippen LogP contribution in [0.1, 0.15) is 20.3 Å². The SMILES string of the molecule is COC(CSCCC(C)C)OC. The topological polar surface area (TPSA) is 18.5 Å². The molecular formula is C9H20O2S. The lowest BCUT2D eigenvalue weighted by atomic mass is 10.2. The van der Waals surface area contributed by atoms with Gasteiger partial charge in [-0.25, -0.2) is 0 Å². The summed E-state index contributed by atoms with van der Waals surface area (Å²) in [6, 6.07) is 0. The maximum Gasteiger partial charge on any atom is 0.165 e. The highest BCUT2D eigenvalue weighted by Gasteiger charge is 2.04. The quantitative estimate of drug-likeness (QED) is 0.456. The third kappa shape index (κ3) is 6.95. The van der Waals surface area contributed by atoms with E-state index in [1.54, 1.807) is 14.2 Å². The van der Waals surface area contributed by atoms with Crippen molar-refractivity contribution in [1.82, 2.24) is 0 Å². The van der Waals surface area contributed by atoms with Crippen LogP contribution in [-0.2, 0) is 9.47 Å². The number of thioether (sulfide) groups is 1. The van der Waals surface area contributed by atoms with Crippen molar-refractivity contribution in [2.45, 2.75) is 26.6 Å². The second kappa shape index (κ2) is 7.90. The minimum absolute atomic E-state index is 0.0397. The number of hydrogen-bond acceptors (Lipinski definition) is 3. The van der Waals surface area contributed by atoms with Gasteiger partial charge in [0.1, 0.15) is 0 Å². The van der Waals surface area contributed by atoms with Gasteiger partial charge in [-0.2, -0.15) is 11.8 Å². The minimum Gasteiger partial charge on any atom is -0.355 e. The van der Waals surface area contributed by atoms with Crippen molar-refractivity contribution in [3.05, 3.63) is 0 Å². The lowest BCUT2D eigenvalue weighted by Gasteiger charge is -2.12. The molecule has 0 saturated carbocycles. The van der Waals surface area contributed by atoms with Crippen LogP contribution < -0.4 is 0 Å². The molecule has 2 nitrogen and oxygen atoms in total. The predicted molar refractivity (Wildman–Crippen MR) is 54.6 cm³/mol.